The minimum absolute atomic E-state index is 0.0384. The van der Waals surface area contributed by atoms with Gasteiger partial charge in [0.25, 0.3) is 0 Å². The fraction of sp³-hybridized carbons (Fsp3) is 0.630. The van der Waals surface area contributed by atoms with Crippen molar-refractivity contribution in [1.82, 2.24) is 20.4 Å². The number of anilines is 2. The van der Waals surface area contributed by atoms with Crippen LogP contribution in [-0.4, -0.2) is 98.2 Å². The maximum Gasteiger partial charge on any atom is 0.408 e. The largest absolute Gasteiger partial charge is 0.444 e. The highest BCUT2D eigenvalue weighted by Gasteiger charge is 2.28. The molecule has 0 unspecified atom stereocenters. The molecule has 11 heteroatoms. The number of hydrogen-bond acceptors (Lipinski definition) is 7. The van der Waals surface area contributed by atoms with Gasteiger partial charge in [0, 0.05) is 70.2 Å². The van der Waals surface area contributed by atoms with Crippen LogP contribution in [0.1, 0.15) is 40.0 Å². The van der Waals surface area contributed by atoms with Gasteiger partial charge in [-0.25, -0.2) is 9.59 Å². The zero-order valence-corrected chi connectivity index (χ0v) is 22.7. The predicted molar refractivity (Wildman–Crippen MR) is 144 cm³/mol. The first kappa shape index (κ1) is 27.7. The monoisotopic (exact) mass is 528 g/mol. The molecule has 0 radical (unpaired) electrons. The summed E-state index contributed by atoms with van der Waals surface area (Å²) in [6.45, 7) is 11.9. The standard InChI is InChI=1S/C27H40N6O5/c1-27(2,3)38-26(37)28-18-24(35)32-10-7-20(8-11-32)19-30-13-15-31(16-14-30)21-5-4-6-22(17-21)33-12-9-23(34)29-25(33)36/h4-6,17,20H,7-16,18-19H2,1-3H3,(H,28,37)(H,29,34,36). The number of piperazine rings is 1. The Balaban J connectivity index is 1.18. The van der Waals surface area contributed by atoms with E-state index in [9.17, 15) is 19.2 Å². The lowest BCUT2D eigenvalue weighted by molar-refractivity contribution is -0.131. The van der Waals surface area contributed by atoms with E-state index in [1.807, 2.05) is 23.1 Å². The average molecular weight is 529 g/mol. The molecule has 38 heavy (non-hydrogen) atoms. The van der Waals surface area contributed by atoms with Crippen LogP contribution in [0.4, 0.5) is 21.0 Å². The number of carbonyl (C=O) groups excluding carboxylic acids is 4. The van der Waals surface area contributed by atoms with E-state index in [-0.39, 0.29) is 24.4 Å². The number of amides is 5. The zero-order chi connectivity index (χ0) is 27.3. The summed E-state index contributed by atoms with van der Waals surface area (Å²) < 4.78 is 5.20. The van der Waals surface area contributed by atoms with Crippen molar-refractivity contribution in [1.29, 1.82) is 0 Å². The van der Waals surface area contributed by atoms with Crippen LogP contribution < -0.4 is 20.4 Å². The summed E-state index contributed by atoms with van der Waals surface area (Å²) in [5.74, 6) is 0.248. The van der Waals surface area contributed by atoms with E-state index < -0.39 is 11.7 Å². The summed E-state index contributed by atoms with van der Waals surface area (Å²) in [6, 6.07) is 7.58. The third-order valence-corrected chi connectivity index (χ3v) is 7.20. The molecule has 3 saturated heterocycles. The van der Waals surface area contributed by atoms with E-state index >= 15 is 0 Å². The quantitative estimate of drug-likeness (QED) is 0.581. The average Bonchev–Trinajstić information content (AvgIpc) is 2.87. The maximum atomic E-state index is 12.5. The lowest BCUT2D eigenvalue weighted by Gasteiger charge is -2.40. The fourth-order valence-corrected chi connectivity index (χ4v) is 5.16. The highest BCUT2D eigenvalue weighted by molar-refractivity contribution is 6.05. The van der Waals surface area contributed by atoms with Gasteiger partial charge in [0.1, 0.15) is 12.1 Å². The topological polar surface area (TPSA) is 115 Å². The van der Waals surface area contributed by atoms with Crippen molar-refractivity contribution in [2.24, 2.45) is 5.92 Å². The summed E-state index contributed by atoms with van der Waals surface area (Å²) >= 11 is 0. The van der Waals surface area contributed by atoms with Crippen molar-refractivity contribution >= 4 is 35.3 Å². The van der Waals surface area contributed by atoms with Crippen molar-refractivity contribution in [3.63, 3.8) is 0 Å². The molecule has 3 aliphatic rings. The van der Waals surface area contributed by atoms with Crippen LogP contribution in [-0.2, 0) is 14.3 Å². The smallest absolute Gasteiger partial charge is 0.408 e. The molecule has 11 nitrogen and oxygen atoms in total. The summed E-state index contributed by atoms with van der Waals surface area (Å²) in [5, 5.41) is 4.94. The Labute approximate surface area is 224 Å². The van der Waals surface area contributed by atoms with Crippen LogP contribution in [0.3, 0.4) is 0 Å². The van der Waals surface area contributed by atoms with Gasteiger partial charge in [-0.15, -0.1) is 0 Å². The SMILES string of the molecule is CC(C)(C)OC(=O)NCC(=O)N1CCC(CN2CCN(c3cccc(N4CCC(=O)NC4=O)c3)CC2)CC1. The number of piperidine rings is 1. The van der Waals surface area contributed by atoms with Crippen LogP contribution in [0.15, 0.2) is 24.3 Å². The van der Waals surface area contributed by atoms with Gasteiger partial charge in [-0.1, -0.05) is 6.07 Å². The molecule has 3 heterocycles. The second-order valence-electron chi connectivity index (χ2n) is 11.2. The van der Waals surface area contributed by atoms with Crippen LogP contribution >= 0.6 is 0 Å². The molecule has 1 aromatic rings. The highest BCUT2D eigenvalue weighted by Crippen LogP contribution is 2.26. The molecule has 1 aromatic carbocycles. The van der Waals surface area contributed by atoms with Gasteiger partial charge in [0.05, 0.1) is 0 Å². The summed E-state index contributed by atoms with van der Waals surface area (Å²) in [6.07, 6.45) is 1.66. The Morgan fingerprint density at radius 2 is 1.68 bits per heavy atom. The lowest BCUT2D eigenvalue weighted by Crippen LogP contribution is -2.50. The van der Waals surface area contributed by atoms with E-state index in [2.05, 4.69) is 26.5 Å². The highest BCUT2D eigenvalue weighted by atomic mass is 16.6. The van der Waals surface area contributed by atoms with E-state index in [0.29, 0.717) is 32.0 Å². The fourth-order valence-electron chi connectivity index (χ4n) is 5.16. The Bertz CT molecular complexity index is 1030. The molecule has 208 valence electrons. The molecule has 3 aliphatic heterocycles. The van der Waals surface area contributed by atoms with Gasteiger partial charge in [-0.2, -0.15) is 0 Å². The Kier molecular flexibility index (Phi) is 8.76. The first-order valence-corrected chi connectivity index (χ1v) is 13.5. The molecule has 5 amide bonds. The second-order valence-corrected chi connectivity index (χ2v) is 11.2. The van der Waals surface area contributed by atoms with Crippen LogP contribution in [0.2, 0.25) is 0 Å². The number of likely N-dealkylation sites (tertiary alicyclic amines) is 1. The number of ether oxygens (including phenoxy) is 1. The van der Waals surface area contributed by atoms with Crippen molar-refractivity contribution < 1.29 is 23.9 Å². The zero-order valence-electron chi connectivity index (χ0n) is 22.7. The first-order chi connectivity index (χ1) is 18.1. The number of imide groups is 1. The maximum absolute atomic E-state index is 12.5. The van der Waals surface area contributed by atoms with Crippen molar-refractivity contribution in [2.45, 2.75) is 45.6 Å². The normalized spacial score (nSPS) is 19.8. The molecule has 0 aliphatic carbocycles. The Hall–Kier alpha value is -3.34. The molecule has 0 saturated carbocycles. The van der Waals surface area contributed by atoms with E-state index in [0.717, 1.165) is 56.9 Å². The third-order valence-electron chi connectivity index (χ3n) is 7.20. The number of nitrogens with one attached hydrogen (secondary N) is 2. The second kappa shape index (κ2) is 12.0. The van der Waals surface area contributed by atoms with Gasteiger partial charge in [0.15, 0.2) is 0 Å². The molecule has 0 spiro atoms. The molecular weight excluding hydrogens is 488 g/mol. The Morgan fingerprint density at radius 1 is 1.00 bits per heavy atom. The number of rotatable bonds is 6. The van der Waals surface area contributed by atoms with Crippen LogP contribution in [0, 0.1) is 5.92 Å². The van der Waals surface area contributed by atoms with Gasteiger partial charge in [-0.3, -0.25) is 24.7 Å². The summed E-state index contributed by atoms with van der Waals surface area (Å²) in [7, 11) is 0. The lowest BCUT2D eigenvalue weighted by atomic mass is 9.96. The minimum atomic E-state index is -0.588. The number of nitrogens with zero attached hydrogens (tertiary/aromatic N) is 4. The van der Waals surface area contributed by atoms with Crippen LogP contribution in [0.5, 0.6) is 0 Å². The number of urea groups is 1. The van der Waals surface area contributed by atoms with Gasteiger partial charge >= 0.3 is 12.1 Å². The van der Waals surface area contributed by atoms with Crippen molar-refractivity contribution in [3.05, 3.63) is 24.3 Å². The predicted octanol–water partition coefficient (Wildman–Crippen LogP) is 2.02. The Morgan fingerprint density at radius 3 is 2.34 bits per heavy atom. The molecule has 0 bridgehead atoms. The van der Waals surface area contributed by atoms with Gasteiger partial charge in [-0.05, 0) is 57.7 Å². The summed E-state index contributed by atoms with van der Waals surface area (Å²) in [4.78, 5) is 56.3. The van der Waals surface area contributed by atoms with E-state index in [4.69, 9.17) is 4.74 Å². The number of carbonyl (C=O) groups is 4. The van der Waals surface area contributed by atoms with Gasteiger partial charge in [0.2, 0.25) is 11.8 Å². The molecule has 2 N–H and O–H groups in total. The molecular formula is C27H40N6O5. The first-order valence-electron chi connectivity index (χ1n) is 13.5. The van der Waals surface area contributed by atoms with E-state index in [1.165, 1.54) is 0 Å². The minimum Gasteiger partial charge on any atom is -0.444 e. The van der Waals surface area contributed by atoms with Gasteiger partial charge < -0.3 is 19.9 Å². The molecule has 3 fully saturated rings. The number of hydrogen-bond donors (Lipinski definition) is 2. The molecule has 0 atom stereocenters. The van der Waals surface area contributed by atoms with Crippen LogP contribution in [0.25, 0.3) is 0 Å². The number of benzene rings is 1. The third kappa shape index (κ3) is 7.59. The van der Waals surface area contributed by atoms with Crippen molar-refractivity contribution in [2.75, 3.05) is 68.7 Å². The van der Waals surface area contributed by atoms with E-state index in [1.54, 1.807) is 25.7 Å². The molecule has 4 rings (SSSR count). The number of alkyl carbamates (subject to hydrolysis) is 1. The summed E-state index contributed by atoms with van der Waals surface area (Å²) in [5.41, 5.74) is 1.30. The van der Waals surface area contributed by atoms with Crippen molar-refractivity contribution in [3.8, 4) is 0 Å². The molecule has 0 aromatic heterocycles.